The van der Waals surface area contributed by atoms with Crippen molar-refractivity contribution < 1.29 is 14.4 Å². The molecule has 6 bridgehead atoms. The van der Waals surface area contributed by atoms with Gasteiger partial charge >= 0.3 is 0 Å². The lowest BCUT2D eigenvalue weighted by molar-refractivity contribution is -0.0714. The van der Waals surface area contributed by atoms with E-state index in [4.69, 9.17) is 5.21 Å². The van der Waals surface area contributed by atoms with Gasteiger partial charge in [-0.05, 0) is 105 Å². The quantitative estimate of drug-likeness (QED) is 0.583. The molecule has 2 N–H and O–H groups in total. The van der Waals surface area contributed by atoms with Gasteiger partial charge in [0.2, 0.25) is 0 Å². The molecule has 156 valence electrons. The minimum atomic E-state index is -0.633. The van der Waals surface area contributed by atoms with E-state index in [1.165, 1.54) is 44.6 Å². The first kappa shape index (κ1) is 18.3. The highest BCUT2D eigenvalue weighted by Gasteiger charge is 2.52. The Labute approximate surface area is 171 Å². The molecular formula is C24H31FN2O2. The predicted octanol–water partition coefficient (Wildman–Crippen LogP) is 4.47. The van der Waals surface area contributed by atoms with E-state index in [-0.39, 0.29) is 17.4 Å². The first-order valence-corrected chi connectivity index (χ1v) is 11.5. The fraction of sp³-hybridized carbons (Fsp3) is 0.708. The van der Waals surface area contributed by atoms with Gasteiger partial charge in [-0.25, -0.2) is 9.87 Å². The van der Waals surface area contributed by atoms with Gasteiger partial charge in [-0.2, -0.15) is 0 Å². The van der Waals surface area contributed by atoms with Crippen LogP contribution in [0.25, 0.3) is 0 Å². The SMILES string of the molecule is O=C(NO)c1cc(F)c2c(c1)CCC1CC2N(CC23CC4CC(CC(C4)C2)C3)C1. The van der Waals surface area contributed by atoms with Gasteiger partial charge in [0.15, 0.2) is 0 Å². The summed E-state index contributed by atoms with van der Waals surface area (Å²) in [6.45, 7) is 2.24. The Morgan fingerprint density at radius 1 is 1.10 bits per heavy atom. The fourth-order valence-electron chi connectivity index (χ4n) is 8.41. The number of hydrogen-bond acceptors (Lipinski definition) is 3. The monoisotopic (exact) mass is 398 g/mol. The Morgan fingerprint density at radius 2 is 1.79 bits per heavy atom. The zero-order valence-corrected chi connectivity index (χ0v) is 17.0. The van der Waals surface area contributed by atoms with E-state index in [0.29, 0.717) is 11.3 Å². The normalized spacial score (nSPS) is 40.0. The number of hydrogen-bond donors (Lipinski definition) is 2. The summed E-state index contributed by atoms with van der Waals surface area (Å²) in [6.07, 6.45) is 11.5. The summed E-state index contributed by atoms with van der Waals surface area (Å²) in [4.78, 5) is 14.5. The van der Waals surface area contributed by atoms with E-state index >= 15 is 4.39 Å². The van der Waals surface area contributed by atoms with Crippen LogP contribution in [0.3, 0.4) is 0 Å². The van der Waals surface area contributed by atoms with Crippen molar-refractivity contribution in [1.82, 2.24) is 10.4 Å². The number of carbonyl (C=O) groups excluding carboxylic acids is 1. The van der Waals surface area contributed by atoms with Crippen LogP contribution < -0.4 is 5.48 Å². The first-order chi connectivity index (χ1) is 14.0. The molecule has 1 amide bonds. The molecule has 29 heavy (non-hydrogen) atoms. The van der Waals surface area contributed by atoms with Crippen molar-refractivity contribution in [3.63, 3.8) is 0 Å². The summed E-state index contributed by atoms with van der Waals surface area (Å²) in [5, 5.41) is 8.95. The third-order valence-electron chi connectivity index (χ3n) is 8.93. The molecule has 4 saturated carbocycles. The molecular weight excluding hydrogens is 367 g/mol. The van der Waals surface area contributed by atoms with Crippen LogP contribution in [0, 0.1) is 34.9 Å². The summed E-state index contributed by atoms with van der Waals surface area (Å²) < 4.78 is 15.2. The fourth-order valence-corrected chi connectivity index (χ4v) is 8.41. The number of fused-ring (bicyclic) bond motifs is 4. The van der Waals surface area contributed by atoms with Crippen molar-refractivity contribution in [3.05, 3.63) is 34.6 Å². The number of benzene rings is 1. The van der Waals surface area contributed by atoms with E-state index in [0.717, 1.165) is 61.2 Å². The van der Waals surface area contributed by atoms with Crippen LogP contribution in [0.2, 0.25) is 0 Å². The molecule has 2 atom stereocenters. The number of nitrogens with one attached hydrogen (secondary N) is 1. The van der Waals surface area contributed by atoms with Crippen molar-refractivity contribution in [1.29, 1.82) is 0 Å². The van der Waals surface area contributed by atoms with Crippen LogP contribution in [0.1, 0.15) is 78.9 Å². The van der Waals surface area contributed by atoms with Crippen LogP contribution in [0.4, 0.5) is 4.39 Å². The van der Waals surface area contributed by atoms with Gasteiger partial charge < -0.3 is 0 Å². The number of amides is 1. The molecule has 7 rings (SSSR count). The highest BCUT2D eigenvalue weighted by Crippen LogP contribution is 2.61. The number of halogens is 1. The summed E-state index contributed by atoms with van der Waals surface area (Å²) in [5.74, 6) is 2.53. The smallest absolute Gasteiger partial charge is 0.274 e. The molecule has 1 aliphatic heterocycles. The summed E-state index contributed by atoms with van der Waals surface area (Å²) >= 11 is 0. The van der Waals surface area contributed by atoms with Crippen molar-refractivity contribution in [2.45, 2.75) is 63.8 Å². The third-order valence-corrected chi connectivity index (χ3v) is 8.93. The third kappa shape index (κ3) is 2.96. The van der Waals surface area contributed by atoms with Gasteiger partial charge in [0, 0.05) is 30.3 Å². The second kappa shape index (κ2) is 6.52. The van der Waals surface area contributed by atoms with Gasteiger partial charge in [-0.15, -0.1) is 0 Å². The van der Waals surface area contributed by atoms with Gasteiger partial charge in [0.1, 0.15) is 5.82 Å². The zero-order chi connectivity index (χ0) is 19.8. The van der Waals surface area contributed by atoms with Crippen molar-refractivity contribution >= 4 is 5.91 Å². The van der Waals surface area contributed by atoms with Crippen LogP contribution in [0.15, 0.2) is 12.1 Å². The van der Waals surface area contributed by atoms with Crippen molar-refractivity contribution in [2.24, 2.45) is 29.1 Å². The van der Waals surface area contributed by atoms with Crippen LogP contribution >= 0.6 is 0 Å². The van der Waals surface area contributed by atoms with Crippen LogP contribution in [-0.2, 0) is 6.42 Å². The maximum atomic E-state index is 15.2. The Hall–Kier alpha value is -1.46. The number of carbonyl (C=O) groups is 1. The number of aryl methyl sites for hydroxylation is 1. The Kier molecular flexibility index (Phi) is 4.12. The zero-order valence-electron chi connectivity index (χ0n) is 17.0. The molecule has 2 unspecified atom stereocenters. The summed E-state index contributed by atoms with van der Waals surface area (Å²) in [7, 11) is 0. The Balaban J connectivity index is 1.31. The largest absolute Gasteiger partial charge is 0.295 e. The first-order valence-electron chi connectivity index (χ1n) is 11.5. The maximum absolute atomic E-state index is 15.2. The number of hydroxylamine groups is 1. The van der Waals surface area contributed by atoms with Crippen LogP contribution in [0.5, 0.6) is 0 Å². The molecule has 5 aliphatic carbocycles. The van der Waals surface area contributed by atoms with Gasteiger partial charge in [-0.3, -0.25) is 14.9 Å². The number of likely N-dealkylation sites (tertiary alicyclic amines) is 1. The average Bonchev–Trinajstić information content (AvgIpc) is 2.94. The highest BCUT2D eigenvalue weighted by atomic mass is 19.1. The molecule has 4 nitrogen and oxygen atoms in total. The summed E-state index contributed by atoms with van der Waals surface area (Å²) in [6, 6.07) is 3.26. The summed E-state index contributed by atoms with van der Waals surface area (Å²) in [5.41, 5.74) is 4.11. The molecule has 1 aromatic rings. The Bertz CT molecular complexity index is 818. The van der Waals surface area contributed by atoms with Crippen molar-refractivity contribution in [3.8, 4) is 0 Å². The topological polar surface area (TPSA) is 52.6 Å². The van der Waals surface area contributed by atoms with Gasteiger partial charge in [0.05, 0.1) is 0 Å². The standard InChI is InChI=1S/C24H31FN2O2/c25-20-8-19(23(28)26-29)7-18-2-1-14-6-21(22(18)20)27(12-14)13-24-9-15-3-16(10-24)5-17(4-15)11-24/h7-8,14-17,21,29H,1-6,9-13H2,(H,26,28). The van der Waals surface area contributed by atoms with Crippen molar-refractivity contribution in [2.75, 3.05) is 13.1 Å². The lowest BCUT2D eigenvalue weighted by atomic mass is 9.49. The lowest BCUT2D eigenvalue weighted by Crippen LogP contribution is -2.51. The maximum Gasteiger partial charge on any atom is 0.274 e. The molecule has 1 heterocycles. The molecule has 6 aliphatic rings. The number of rotatable bonds is 3. The second-order valence-corrected chi connectivity index (χ2v) is 11.0. The van der Waals surface area contributed by atoms with E-state index in [1.54, 1.807) is 11.5 Å². The van der Waals surface area contributed by atoms with E-state index in [2.05, 4.69) is 4.90 Å². The molecule has 5 fully saturated rings. The minimum Gasteiger partial charge on any atom is -0.295 e. The predicted molar refractivity (Wildman–Crippen MR) is 107 cm³/mol. The Morgan fingerprint density at radius 3 is 2.45 bits per heavy atom. The molecule has 0 radical (unpaired) electrons. The molecule has 5 heteroatoms. The number of nitrogens with zero attached hydrogens (tertiary/aromatic N) is 1. The molecule has 0 aromatic heterocycles. The van der Waals surface area contributed by atoms with E-state index in [9.17, 15) is 4.79 Å². The second-order valence-electron chi connectivity index (χ2n) is 11.0. The van der Waals surface area contributed by atoms with Gasteiger partial charge in [0.25, 0.3) is 5.91 Å². The molecule has 1 saturated heterocycles. The van der Waals surface area contributed by atoms with E-state index < -0.39 is 5.91 Å². The molecule has 0 spiro atoms. The molecule has 1 aromatic carbocycles. The average molecular weight is 399 g/mol. The van der Waals surface area contributed by atoms with Gasteiger partial charge in [-0.1, -0.05) is 0 Å². The highest BCUT2D eigenvalue weighted by molar-refractivity contribution is 5.93. The van der Waals surface area contributed by atoms with E-state index in [1.807, 2.05) is 0 Å². The minimum absolute atomic E-state index is 0.150. The van der Waals surface area contributed by atoms with Crippen LogP contribution in [-0.4, -0.2) is 29.1 Å². The lowest BCUT2D eigenvalue weighted by Gasteiger charge is -2.58.